The molecular weight excluding hydrogens is 519 g/mol. The Balaban J connectivity index is 1.40. The number of anilines is 1. The van der Waals surface area contributed by atoms with Crippen molar-refractivity contribution in [3.8, 4) is 11.1 Å². The highest BCUT2D eigenvalue weighted by Gasteiger charge is 2.40. The molecule has 2 aromatic heterocycles. The average molecular weight is 558 g/mol. The number of aryl methyl sites for hydroxylation is 1. The van der Waals surface area contributed by atoms with E-state index < -0.39 is 23.7 Å². The van der Waals surface area contributed by atoms with Crippen molar-refractivity contribution < 1.29 is 22.7 Å². The number of likely N-dealkylation sites (tertiary alicyclic amines) is 1. The summed E-state index contributed by atoms with van der Waals surface area (Å²) in [7, 11) is 1.58. The van der Waals surface area contributed by atoms with Crippen LogP contribution in [-0.4, -0.2) is 53.2 Å². The van der Waals surface area contributed by atoms with Gasteiger partial charge in [-0.15, -0.1) is 0 Å². The molecule has 2 atom stereocenters. The maximum atomic E-state index is 14.0. The largest absolute Gasteiger partial charge is 0.418 e. The van der Waals surface area contributed by atoms with Crippen molar-refractivity contribution in [3.05, 3.63) is 71.2 Å². The van der Waals surface area contributed by atoms with Crippen LogP contribution in [0.3, 0.4) is 0 Å². The summed E-state index contributed by atoms with van der Waals surface area (Å²) in [5.74, 6) is -0.0512. The minimum absolute atomic E-state index is 0.121. The summed E-state index contributed by atoms with van der Waals surface area (Å²) in [4.78, 5) is 19.0. The molecule has 40 heavy (non-hydrogen) atoms. The van der Waals surface area contributed by atoms with Crippen molar-refractivity contribution in [2.24, 2.45) is 5.73 Å². The van der Waals surface area contributed by atoms with E-state index in [4.69, 9.17) is 16.2 Å². The molecule has 0 spiro atoms. The van der Waals surface area contributed by atoms with Gasteiger partial charge in [0.05, 0.1) is 5.56 Å². The predicted molar refractivity (Wildman–Crippen MR) is 150 cm³/mol. The summed E-state index contributed by atoms with van der Waals surface area (Å²) in [6.07, 6.45) is -0.232. The van der Waals surface area contributed by atoms with E-state index in [9.17, 15) is 18.0 Å². The average Bonchev–Trinajstić information content (AvgIpc) is 3.26. The number of aromatic nitrogens is 2. The maximum Gasteiger partial charge on any atom is 0.418 e. The van der Waals surface area contributed by atoms with E-state index >= 15 is 0 Å². The number of hydrogen-bond acceptors (Lipinski definition) is 5. The Kier molecular flexibility index (Phi) is 9.52. The summed E-state index contributed by atoms with van der Waals surface area (Å²) in [5, 5.41) is 0. The summed E-state index contributed by atoms with van der Waals surface area (Å²) < 4.78 is 48.9. The summed E-state index contributed by atoms with van der Waals surface area (Å²) in [5.41, 5.74) is 15.2. The lowest BCUT2D eigenvalue weighted by molar-refractivity contribution is -0.138. The Morgan fingerprint density at radius 3 is 2.55 bits per heavy atom. The number of ether oxygens (including phenoxy) is 1. The zero-order valence-corrected chi connectivity index (χ0v) is 23.1. The number of rotatable bonds is 10. The van der Waals surface area contributed by atoms with Gasteiger partial charge in [0.25, 0.3) is 0 Å². The van der Waals surface area contributed by atoms with Crippen LogP contribution in [0.25, 0.3) is 11.1 Å². The van der Waals surface area contributed by atoms with Crippen LogP contribution in [0.15, 0.2) is 48.7 Å². The van der Waals surface area contributed by atoms with E-state index in [2.05, 4.69) is 4.98 Å². The number of nitrogens with zero attached hydrogens (tertiary/aromatic N) is 3. The number of halogens is 3. The lowest BCUT2D eigenvalue weighted by Gasteiger charge is -2.35. The van der Waals surface area contributed by atoms with Crippen LogP contribution in [0.1, 0.15) is 54.1 Å². The molecule has 3 aromatic rings. The maximum absolute atomic E-state index is 14.0. The Morgan fingerprint density at radius 1 is 1.18 bits per heavy atom. The summed E-state index contributed by atoms with van der Waals surface area (Å²) >= 11 is 0. The van der Waals surface area contributed by atoms with Gasteiger partial charge >= 0.3 is 6.18 Å². The SMILES string of the molecule is COCCCn1c(C)cc(C(F)(F)F)c1[C@@H]1CCCN(C(=O)C[C@H](N)Cc2ccc(-c3ccc(N)nc3)cc2)C1. The van der Waals surface area contributed by atoms with Crippen LogP contribution in [0, 0.1) is 6.92 Å². The Morgan fingerprint density at radius 2 is 1.90 bits per heavy atom. The van der Waals surface area contributed by atoms with E-state index in [-0.39, 0.29) is 24.6 Å². The van der Waals surface area contributed by atoms with Gasteiger partial charge in [0.2, 0.25) is 5.91 Å². The molecule has 4 rings (SSSR count). The smallest absolute Gasteiger partial charge is 0.385 e. The van der Waals surface area contributed by atoms with E-state index in [1.54, 1.807) is 35.8 Å². The van der Waals surface area contributed by atoms with E-state index in [1.165, 1.54) is 6.07 Å². The number of benzene rings is 1. The molecule has 1 amide bonds. The predicted octanol–water partition coefficient (Wildman–Crippen LogP) is 5.16. The number of hydrogen-bond donors (Lipinski definition) is 2. The molecule has 0 aliphatic carbocycles. The standard InChI is InChI=1S/C30H38F3N5O2/c1-20-15-26(30(31,32)33)29(38(20)13-4-14-40-2)24-5-3-12-37(19-24)28(39)17-25(34)16-21-6-8-22(9-7-21)23-10-11-27(35)36-18-23/h6-11,15,18,24-25H,3-5,12-14,16-17,19,34H2,1-2H3,(H2,35,36)/t24-,25-/m1/s1. The van der Waals surface area contributed by atoms with Crippen molar-refractivity contribution in [1.82, 2.24) is 14.5 Å². The van der Waals surface area contributed by atoms with Gasteiger partial charge in [0.15, 0.2) is 0 Å². The van der Waals surface area contributed by atoms with Crippen LogP contribution in [0.2, 0.25) is 0 Å². The van der Waals surface area contributed by atoms with Crippen molar-refractivity contribution >= 4 is 11.7 Å². The van der Waals surface area contributed by atoms with E-state index in [0.29, 0.717) is 56.9 Å². The van der Waals surface area contributed by atoms with Gasteiger partial charge < -0.3 is 25.7 Å². The van der Waals surface area contributed by atoms with Crippen LogP contribution in [-0.2, 0) is 28.7 Å². The minimum atomic E-state index is -4.46. The lowest BCUT2D eigenvalue weighted by Crippen LogP contribution is -2.42. The van der Waals surface area contributed by atoms with Gasteiger partial charge in [-0.3, -0.25) is 4.79 Å². The highest BCUT2D eigenvalue weighted by atomic mass is 19.4. The fourth-order valence-corrected chi connectivity index (χ4v) is 5.59. The molecule has 1 aliphatic heterocycles. The zero-order valence-electron chi connectivity index (χ0n) is 23.1. The number of alkyl halides is 3. The summed E-state index contributed by atoms with van der Waals surface area (Å²) in [6, 6.07) is 12.4. The molecule has 1 aromatic carbocycles. The first kappa shape index (κ1) is 29.6. The third-order valence-electron chi connectivity index (χ3n) is 7.55. The van der Waals surface area contributed by atoms with Gasteiger partial charge in [-0.2, -0.15) is 13.2 Å². The fraction of sp³-hybridized carbons (Fsp3) is 0.467. The Bertz CT molecular complexity index is 1270. The second-order valence-electron chi connectivity index (χ2n) is 10.6. The first-order chi connectivity index (χ1) is 19.1. The van der Waals surface area contributed by atoms with Crippen LogP contribution in [0.5, 0.6) is 0 Å². The van der Waals surface area contributed by atoms with Gasteiger partial charge in [-0.1, -0.05) is 24.3 Å². The molecule has 10 heteroatoms. The number of carbonyl (C=O) groups is 1. The minimum Gasteiger partial charge on any atom is -0.385 e. The molecule has 0 bridgehead atoms. The number of piperidine rings is 1. The quantitative estimate of drug-likeness (QED) is 0.336. The van der Waals surface area contributed by atoms with E-state index in [1.807, 2.05) is 30.3 Å². The molecule has 0 unspecified atom stereocenters. The first-order valence-electron chi connectivity index (χ1n) is 13.7. The van der Waals surface area contributed by atoms with Crippen molar-refractivity contribution in [2.45, 2.75) is 63.7 Å². The number of nitrogen functional groups attached to an aromatic ring is 1. The number of pyridine rings is 1. The van der Waals surface area contributed by atoms with E-state index in [0.717, 1.165) is 16.7 Å². The normalized spacial score (nSPS) is 16.8. The number of amides is 1. The fourth-order valence-electron chi connectivity index (χ4n) is 5.59. The molecule has 1 fully saturated rings. The monoisotopic (exact) mass is 557 g/mol. The molecular formula is C30H38F3N5O2. The molecule has 0 saturated carbocycles. The van der Waals surface area contributed by atoms with Gasteiger partial charge in [0, 0.05) is 74.9 Å². The molecule has 7 nitrogen and oxygen atoms in total. The van der Waals surface area contributed by atoms with Crippen molar-refractivity contribution in [2.75, 3.05) is 32.5 Å². The van der Waals surface area contributed by atoms with Crippen molar-refractivity contribution in [1.29, 1.82) is 0 Å². The highest BCUT2D eigenvalue weighted by Crippen LogP contribution is 2.40. The van der Waals surface area contributed by atoms with Crippen LogP contribution in [0.4, 0.5) is 19.0 Å². The first-order valence-corrected chi connectivity index (χ1v) is 13.7. The molecule has 0 radical (unpaired) electrons. The molecule has 216 valence electrons. The molecule has 3 heterocycles. The zero-order chi connectivity index (χ0) is 28.9. The molecule has 4 N–H and O–H groups in total. The molecule has 1 aliphatic rings. The van der Waals surface area contributed by atoms with Crippen LogP contribution < -0.4 is 11.5 Å². The van der Waals surface area contributed by atoms with Gasteiger partial charge in [0.1, 0.15) is 5.82 Å². The third-order valence-corrected chi connectivity index (χ3v) is 7.55. The number of methoxy groups -OCH3 is 1. The lowest BCUT2D eigenvalue weighted by atomic mass is 9.91. The van der Waals surface area contributed by atoms with Gasteiger partial charge in [-0.05, 0) is 61.9 Å². The second-order valence-corrected chi connectivity index (χ2v) is 10.6. The summed E-state index contributed by atoms with van der Waals surface area (Å²) in [6.45, 7) is 3.39. The number of carbonyl (C=O) groups excluding carboxylic acids is 1. The highest BCUT2D eigenvalue weighted by molar-refractivity contribution is 5.77. The Labute approximate surface area is 233 Å². The topological polar surface area (TPSA) is 99.4 Å². The van der Waals surface area contributed by atoms with Gasteiger partial charge in [-0.25, -0.2) is 4.98 Å². The van der Waals surface area contributed by atoms with Crippen LogP contribution >= 0.6 is 0 Å². The molecule has 1 saturated heterocycles. The number of nitrogens with two attached hydrogens (primary N) is 2. The Hall–Kier alpha value is -3.37. The third kappa shape index (κ3) is 7.22. The van der Waals surface area contributed by atoms with Crippen molar-refractivity contribution in [3.63, 3.8) is 0 Å². The second kappa shape index (κ2) is 12.9.